The normalized spacial score (nSPS) is 16.3. The van der Waals surface area contributed by atoms with Crippen LogP contribution in [-0.2, 0) is 13.6 Å². The van der Waals surface area contributed by atoms with Gasteiger partial charge in [-0.3, -0.25) is 4.90 Å². The molecule has 0 bridgehead atoms. The zero-order chi connectivity index (χ0) is 13.4. The van der Waals surface area contributed by atoms with E-state index in [1.54, 1.807) is 12.1 Å². The molecule has 2 heterocycles. The minimum atomic E-state index is -0.871. The first-order valence-corrected chi connectivity index (χ1v) is 6.69. The van der Waals surface area contributed by atoms with Gasteiger partial charge < -0.3 is 9.67 Å². The first kappa shape index (κ1) is 12.2. The molecule has 0 atom stereocenters. The van der Waals surface area contributed by atoms with Crippen LogP contribution in [0.4, 0.5) is 0 Å². The number of likely N-dealkylation sites (tertiary alicyclic amines) is 1. The monoisotopic (exact) mass is 258 g/mol. The van der Waals surface area contributed by atoms with Gasteiger partial charge in [-0.2, -0.15) is 0 Å². The van der Waals surface area contributed by atoms with Gasteiger partial charge in [0.2, 0.25) is 0 Å². The Hall–Kier alpha value is -1.81. The molecule has 0 aliphatic carbocycles. The Labute approximate surface area is 112 Å². The third-order valence-corrected chi connectivity index (χ3v) is 3.91. The van der Waals surface area contributed by atoms with Gasteiger partial charge in [-0.15, -0.1) is 0 Å². The molecule has 1 aromatic heterocycles. The van der Waals surface area contributed by atoms with E-state index < -0.39 is 5.97 Å². The molecule has 1 aromatic carbocycles. The summed E-state index contributed by atoms with van der Waals surface area (Å²) in [4.78, 5) is 13.5. The number of aromatic carboxylic acids is 1. The zero-order valence-electron chi connectivity index (χ0n) is 11.1. The molecule has 1 aliphatic rings. The lowest BCUT2D eigenvalue weighted by Gasteiger charge is -2.13. The summed E-state index contributed by atoms with van der Waals surface area (Å²) >= 11 is 0. The van der Waals surface area contributed by atoms with Crippen molar-refractivity contribution in [2.45, 2.75) is 19.4 Å². The fourth-order valence-electron chi connectivity index (χ4n) is 2.91. The van der Waals surface area contributed by atoms with Crippen LogP contribution in [0.3, 0.4) is 0 Å². The molecule has 1 N–H and O–H groups in total. The number of aromatic nitrogens is 1. The Kier molecular flexibility index (Phi) is 3.03. The van der Waals surface area contributed by atoms with Crippen molar-refractivity contribution in [3.63, 3.8) is 0 Å². The minimum absolute atomic E-state index is 0.349. The highest BCUT2D eigenvalue weighted by molar-refractivity contribution is 5.94. The van der Waals surface area contributed by atoms with Crippen molar-refractivity contribution in [1.29, 1.82) is 0 Å². The van der Waals surface area contributed by atoms with Gasteiger partial charge in [0.05, 0.1) is 5.56 Å². The Bertz CT molecular complexity index is 624. The number of benzene rings is 1. The lowest BCUT2D eigenvalue weighted by molar-refractivity contribution is 0.0697. The molecule has 0 unspecified atom stereocenters. The van der Waals surface area contributed by atoms with E-state index in [-0.39, 0.29) is 0 Å². The van der Waals surface area contributed by atoms with Crippen molar-refractivity contribution in [3.8, 4) is 0 Å². The lowest BCUT2D eigenvalue weighted by atomic mass is 10.1. The third-order valence-electron chi connectivity index (χ3n) is 3.91. The lowest BCUT2D eigenvalue weighted by Crippen LogP contribution is -2.18. The number of rotatable bonds is 3. The molecular weight excluding hydrogens is 240 g/mol. The molecule has 1 fully saturated rings. The molecule has 0 amide bonds. The maximum Gasteiger partial charge on any atom is 0.335 e. The second-order valence-corrected chi connectivity index (χ2v) is 5.29. The molecule has 19 heavy (non-hydrogen) atoms. The summed E-state index contributed by atoms with van der Waals surface area (Å²) in [5.74, 6) is -0.871. The first-order chi connectivity index (χ1) is 9.15. The van der Waals surface area contributed by atoms with E-state index in [1.807, 2.05) is 17.7 Å². The molecule has 1 aliphatic heterocycles. The van der Waals surface area contributed by atoms with Crippen molar-refractivity contribution in [2.75, 3.05) is 13.1 Å². The number of carbonyl (C=O) groups is 1. The maximum atomic E-state index is 11.0. The largest absolute Gasteiger partial charge is 0.478 e. The third kappa shape index (κ3) is 2.24. The molecule has 0 saturated carbocycles. The van der Waals surface area contributed by atoms with Crippen LogP contribution in [0.5, 0.6) is 0 Å². The maximum absolute atomic E-state index is 11.0. The average molecular weight is 258 g/mol. The molecule has 0 spiro atoms. The Morgan fingerprint density at radius 1 is 1.32 bits per heavy atom. The second kappa shape index (κ2) is 4.70. The number of hydrogen-bond acceptors (Lipinski definition) is 2. The van der Waals surface area contributed by atoms with E-state index >= 15 is 0 Å². The van der Waals surface area contributed by atoms with E-state index in [4.69, 9.17) is 5.11 Å². The predicted molar refractivity (Wildman–Crippen MR) is 74.4 cm³/mol. The fraction of sp³-hybridized carbons (Fsp3) is 0.400. The topological polar surface area (TPSA) is 45.5 Å². The van der Waals surface area contributed by atoms with E-state index in [0.29, 0.717) is 5.56 Å². The van der Waals surface area contributed by atoms with Crippen LogP contribution in [0.1, 0.15) is 28.8 Å². The van der Waals surface area contributed by atoms with Gasteiger partial charge in [-0.1, -0.05) is 6.07 Å². The number of carboxylic acid groups (broad SMARTS) is 1. The number of fused-ring (bicyclic) bond motifs is 1. The zero-order valence-corrected chi connectivity index (χ0v) is 11.1. The molecule has 1 saturated heterocycles. The van der Waals surface area contributed by atoms with E-state index in [0.717, 1.165) is 12.1 Å². The van der Waals surface area contributed by atoms with Gasteiger partial charge >= 0.3 is 5.97 Å². The van der Waals surface area contributed by atoms with E-state index in [9.17, 15) is 4.79 Å². The van der Waals surface area contributed by atoms with Crippen LogP contribution in [0.25, 0.3) is 10.9 Å². The van der Waals surface area contributed by atoms with Crippen LogP contribution in [-0.4, -0.2) is 33.6 Å². The molecule has 0 radical (unpaired) electrons. The predicted octanol–water partition coefficient (Wildman–Crippen LogP) is 2.47. The smallest absolute Gasteiger partial charge is 0.335 e. The Morgan fingerprint density at radius 2 is 2.05 bits per heavy atom. The number of carboxylic acids is 1. The van der Waals surface area contributed by atoms with Gasteiger partial charge in [0.15, 0.2) is 0 Å². The summed E-state index contributed by atoms with van der Waals surface area (Å²) in [6.45, 7) is 3.30. The highest BCUT2D eigenvalue weighted by Gasteiger charge is 2.15. The fourth-order valence-corrected chi connectivity index (χ4v) is 2.91. The van der Waals surface area contributed by atoms with Crippen molar-refractivity contribution >= 4 is 16.9 Å². The van der Waals surface area contributed by atoms with Crippen molar-refractivity contribution in [3.05, 3.63) is 35.5 Å². The van der Waals surface area contributed by atoms with Gasteiger partial charge in [0, 0.05) is 30.7 Å². The summed E-state index contributed by atoms with van der Waals surface area (Å²) in [6.07, 6.45) is 4.69. The van der Waals surface area contributed by atoms with Crippen LogP contribution in [0.2, 0.25) is 0 Å². The highest BCUT2D eigenvalue weighted by atomic mass is 16.4. The average Bonchev–Trinajstić information content (AvgIpc) is 2.99. The quantitative estimate of drug-likeness (QED) is 0.920. The number of hydrogen-bond donors (Lipinski definition) is 1. The number of aryl methyl sites for hydroxylation is 1. The molecule has 4 nitrogen and oxygen atoms in total. The summed E-state index contributed by atoms with van der Waals surface area (Å²) in [5, 5.41) is 10.2. The SMILES string of the molecule is Cn1cc(CN2CCCC2)c2ccc(C(=O)O)cc21. The molecule has 2 aromatic rings. The second-order valence-electron chi connectivity index (χ2n) is 5.29. The van der Waals surface area contributed by atoms with Gasteiger partial charge in [-0.05, 0) is 43.6 Å². The summed E-state index contributed by atoms with van der Waals surface area (Å²) in [7, 11) is 1.97. The van der Waals surface area contributed by atoms with Crippen molar-refractivity contribution in [1.82, 2.24) is 9.47 Å². The van der Waals surface area contributed by atoms with Crippen LogP contribution < -0.4 is 0 Å². The Balaban J connectivity index is 1.99. The standard InChI is InChI=1S/C15H18N2O2/c1-16-9-12(10-17-6-2-3-7-17)13-5-4-11(15(18)19)8-14(13)16/h4-5,8-9H,2-3,6-7,10H2,1H3,(H,18,19). The van der Waals surface area contributed by atoms with Crippen molar-refractivity contribution in [2.24, 2.45) is 7.05 Å². The van der Waals surface area contributed by atoms with Gasteiger partial charge in [0.1, 0.15) is 0 Å². The summed E-state index contributed by atoms with van der Waals surface area (Å²) < 4.78 is 2.02. The van der Waals surface area contributed by atoms with Gasteiger partial charge in [-0.25, -0.2) is 4.79 Å². The first-order valence-electron chi connectivity index (χ1n) is 6.69. The minimum Gasteiger partial charge on any atom is -0.478 e. The van der Waals surface area contributed by atoms with Crippen LogP contribution >= 0.6 is 0 Å². The van der Waals surface area contributed by atoms with Crippen molar-refractivity contribution < 1.29 is 9.90 Å². The van der Waals surface area contributed by atoms with Crippen LogP contribution in [0, 0.1) is 0 Å². The summed E-state index contributed by atoms with van der Waals surface area (Å²) in [6, 6.07) is 5.38. The highest BCUT2D eigenvalue weighted by Crippen LogP contribution is 2.24. The summed E-state index contributed by atoms with van der Waals surface area (Å²) in [5.41, 5.74) is 2.63. The van der Waals surface area contributed by atoms with Crippen LogP contribution in [0.15, 0.2) is 24.4 Å². The number of nitrogens with zero attached hydrogens (tertiary/aromatic N) is 2. The Morgan fingerprint density at radius 3 is 2.74 bits per heavy atom. The molecule has 3 rings (SSSR count). The van der Waals surface area contributed by atoms with E-state index in [1.165, 1.54) is 36.9 Å². The molecule has 100 valence electrons. The molecular formula is C15H18N2O2. The van der Waals surface area contributed by atoms with E-state index in [2.05, 4.69) is 11.1 Å². The van der Waals surface area contributed by atoms with Gasteiger partial charge in [0.25, 0.3) is 0 Å². The molecule has 4 heteroatoms.